The predicted molar refractivity (Wildman–Crippen MR) is 133 cm³/mol. The van der Waals surface area contributed by atoms with Crippen LogP contribution < -0.4 is 15.5 Å². The molecule has 2 aromatic carbocycles. The first kappa shape index (κ1) is 25.4. The van der Waals surface area contributed by atoms with Crippen molar-refractivity contribution in [1.29, 1.82) is 10.7 Å². The molecule has 1 amide bonds. The fourth-order valence-corrected chi connectivity index (χ4v) is 3.98. The van der Waals surface area contributed by atoms with Crippen molar-refractivity contribution in [2.45, 2.75) is 25.9 Å². The molecule has 1 fully saturated rings. The second kappa shape index (κ2) is 12.3. The Kier molecular flexibility index (Phi) is 9.19. The maximum atomic E-state index is 12.9. The summed E-state index contributed by atoms with van der Waals surface area (Å²) in [6.45, 7) is 3.61. The van der Waals surface area contributed by atoms with Gasteiger partial charge in [0.1, 0.15) is 29.8 Å². The Morgan fingerprint density at radius 2 is 2.00 bits per heavy atom. The quantitative estimate of drug-likeness (QED) is 0.219. The first-order valence-electron chi connectivity index (χ1n) is 11.0. The molecule has 1 saturated heterocycles. The van der Waals surface area contributed by atoms with Gasteiger partial charge in [0.2, 0.25) is 0 Å². The first-order chi connectivity index (χ1) is 16.4. The SMILES string of the molecule is COCOC1CCN(c2ccc(NC(=O)/C(C=N)=C(\C)[NH2+]c3ccc(Cl)cc3)cc2C#N)CC1. The Morgan fingerprint density at radius 3 is 2.62 bits per heavy atom. The van der Waals surface area contributed by atoms with Gasteiger partial charge in [-0.2, -0.15) is 5.26 Å². The molecule has 0 saturated carbocycles. The second-order valence-corrected chi connectivity index (χ2v) is 8.43. The Morgan fingerprint density at radius 1 is 1.29 bits per heavy atom. The monoisotopic (exact) mass is 482 g/mol. The van der Waals surface area contributed by atoms with E-state index in [1.807, 2.05) is 23.5 Å². The van der Waals surface area contributed by atoms with Crippen LogP contribution in [0.1, 0.15) is 25.3 Å². The second-order valence-electron chi connectivity index (χ2n) is 7.99. The third-order valence-corrected chi connectivity index (χ3v) is 5.90. The van der Waals surface area contributed by atoms with Gasteiger partial charge in [-0.15, -0.1) is 0 Å². The molecule has 0 bridgehead atoms. The minimum atomic E-state index is -0.412. The fraction of sp³-hybridized carbons (Fsp3) is 0.320. The maximum absolute atomic E-state index is 12.9. The zero-order valence-corrected chi connectivity index (χ0v) is 20.1. The molecule has 2 aromatic rings. The van der Waals surface area contributed by atoms with E-state index in [9.17, 15) is 10.1 Å². The van der Waals surface area contributed by atoms with Crippen LogP contribution in [0.2, 0.25) is 5.02 Å². The van der Waals surface area contributed by atoms with Gasteiger partial charge < -0.3 is 25.1 Å². The zero-order valence-electron chi connectivity index (χ0n) is 19.3. The molecule has 0 spiro atoms. The van der Waals surface area contributed by atoms with Gasteiger partial charge in [0.25, 0.3) is 5.91 Å². The number of carbonyl (C=O) groups is 1. The number of anilines is 2. The van der Waals surface area contributed by atoms with Gasteiger partial charge in [0, 0.05) is 56.2 Å². The van der Waals surface area contributed by atoms with E-state index >= 15 is 0 Å². The van der Waals surface area contributed by atoms with Gasteiger partial charge in [0.15, 0.2) is 0 Å². The number of hydrogen-bond acceptors (Lipinski definition) is 6. The highest BCUT2D eigenvalue weighted by atomic mass is 35.5. The summed E-state index contributed by atoms with van der Waals surface area (Å²) in [5.41, 5.74) is 3.57. The van der Waals surface area contributed by atoms with Crippen LogP contribution in [0.15, 0.2) is 53.7 Å². The number of nitrogens with one attached hydrogen (secondary N) is 2. The first-order valence-corrected chi connectivity index (χ1v) is 11.4. The van der Waals surface area contributed by atoms with Crippen molar-refractivity contribution >= 4 is 40.8 Å². The Bertz CT molecular complexity index is 1090. The van der Waals surface area contributed by atoms with Crippen molar-refractivity contribution in [3.05, 3.63) is 64.3 Å². The summed E-state index contributed by atoms with van der Waals surface area (Å²) in [5, 5.41) is 22.7. The van der Waals surface area contributed by atoms with Crippen molar-refractivity contribution in [3.8, 4) is 6.07 Å². The number of halogens is 1. The Labute approximate surface area is 204 Å². The minimum Gasteiger partial charge on any atom is -0.370 e. The van der Waals surface area contributed by atoms with Gasteiger partial charge in [-0.3, -0.25) is 10.1 Å². The van der Waals surface area contributed by atoms with Crippen LogP contribution in [0.3, 0.4) is 0 Å². The molecule has 0 aromatic heterocycles. The number of nitrogens with zero attached hydrogens (tertiary/aromatic N) is 2. The lowest BCUT2D eigenvalue weighted by Gasteiger charge is -2.34. The summed E-state index contributed by atoms with van der Waals surface area (Å²) >= 11 is 5.93. The summed E-state index contributed by atoms with van der Waals surface area (Å²) in [5.74, 6) is -0.412. The van der Waals surface area contributed by atoms with Crippen LogP contribution in [0.4, 0.5) is 17.1 Å². The molecule has 1 heterocycles. The van der Waals surface area contributed by atoms with Crippen molar-refractivity contribution in [3.63, 3.8) is 0 Å². The Hall–Kier alpha value is -3.22. The number of benzene rings is 2. The number of rotatable bonds is 9. The Balaban J connectivity index is 1.69. The third kappa shape index (κ3) is 6.65. The maximum Gasteiger partial charge on any atom is 0.262 e. The van der Waals surface area contributed by atoms with E-state index in [1.165, 1.54) is 0 Å². The van der Waals surface area contributed by atoms with Crippen molar-refractivity contribution < 1.29 is 19.6 Å². The van der Waals surface area contributed by atoms with Crippen molar-refractivity contribution in [1.82, 2.24) is 0 Å². The number of quaternary nitrogens is 1. The molecule has 1 aliphatic rings. The highest BCUT2D eigenvalue weighted by Gasteiger charge is 2.22. The van der Waals surface area contributed by atoms with Crippen LogP contribution in [-0.2, 0) is 14.3 Å². The lowest BCUT2D eigenvalue weighted by atomic mass is 10.0. The van der Waals surface area contributed by atoms with E-state index in [2.05, 4.69) is 16.3 Å². The van der Waals surface area contributed by atoms with E-state index in [4.69, 9.17) is 26.5 Å². The summed E-state index contributed by atoms with van der Waals surface area (Å²) in [6.07, 6.45) is 2.89. The molecule has 0 unspecified atom stereocenters. The van der Waals surface area contributed by atoms with Crippen LogP contribution in [0, 0.1) is 16.7 Å². The van der Waals surface area contributed by atoms with Gasteiger partial charge in [-0.1, -0.05) is 11.6 Å². The van der Waals surface area contributed by atoms with Crippen LogP contribution >= 0.6 is 11.6 Å². The minimum absolute atomic E-state index is 0.152. The van der Waals surface area contributed by atoms with Crippen LogP contribution in [0.25, 0.3) is 0 Å². The van der Waals surface area contributed by atoms with E-state index in [1.54, 1.807) is 38.3 Å². The number of allylic oxidation sites excluding steroid dienone is 1. The molecule has 9 heteroatoms. The lowest BCUT2D eigenvalue weighted by Crippen LogP contribution is -2.75. The number of nitrogens with two attached hydrogens (primary N) is 1. The normalized spacial score (nSPS) is 14.8. The molecule has 3 rings (SSSR count). The number of amides is 1. The zero-order chi connectivity index (χ0) is 24.5. The predicted octanol–water partition coefficient (Wildman–Crippen LogP) is 3.56. The van der Waals surface area contributed by atoms with Gasteiger partial charge >= 0.3 is 0 Å². The molecule has 34 heavy (non-hydrogen) atoms. The van der Waals surface area contributed by atoms with Crippen molar-refractivity contribution in [2.24, 2.45) is 0 Å². The third-order valence-electron chi connectivity index (χ3n) is 5.65. The van der Waals surface area contributed by atoms with E-state index < -0.39 is 5.91 Å². The largest absolute Gasteiger partial charge is 0.370 e. The van der Waals surface area contributed by atoms with E-state index in [0.29, 0.717) is 22.0 Å². The number of methoxy groups -OCH3 is 1. The van der Waals surface area contributed by atoms with E-state index in [0.717, 1.165) is 43.5 Å². The fourth-order valence-electron chi connectivity index (χ4n) is 3.85. The van der Waals surface area contributed by atoms with Gasteiger partial charge in [-0.25, -0.2) is 0 Å². The number of nitriles is 1. The molecule has 4 N–H and O–H groups in total. The van der Waals surface area contributed by atoms with Gasteiger partial charge in [-0.05, 0) is 43.2 Å². The molecular weight excluding hydrogens is 454 g/mol. The average Bonchev–Trinajstić information content (AvgIpc) is 2.85. The standard InChI is InChI=1S/C25H28ClN5O3/c1-17(29-20-5-3-19(26)4-6-20)23(15-28)25(32)30-21-7-8-24(18(13-21)14-27)31-11-9-22(10-12-31)34-16-33-2/h3-8,13,15,22,28-29H,9-12,16H2,1-2H3,(H,30,32)/p+1/b23-17+,28-15?. The number of hydrogen-bond donors (Lipinski definition) is 3. The molecule has 1 aliphatic heterocycles. The van der Waals surface area contributed by atoms with Crippen molar-refractivity contribution in [2.75, 3.05) is 37.2 Å². The average molecular weight is 483 g/mol. The highest BCUT2D eigenvalue weighted by Crippen LogP contribution is 2.27. The molecule has 0 aliphatic carbocycles. The summed E-state index contributed by atoms with van der Waals surface area (Å²) in [7, 11) is 1.61. The summed E-state index contributed by atoms with van der Waals surface area (Å²) in [4.78, 5) is 15.0. The van der Waals surface area contributed by atoms with E-state index in [-0.39, 0.29) is 18.5 Å². The molecule has 8 nitrogen and oxygen atoms in total. The molecule has 0 atom stereocenters. The lowest BCUT2D eigenvalue weighted by molar-refractivity contribution is -0.517. The molecular formula is C25H29ClN5O3+. The molecule has 0 radical (unpaired) electrons. The number of piperidine rings is 1. The smallest absolute Gasteiger partial charge is 0.262 e. The highest BCUT2D eigenvalue weighted by molar-refractivity contribution is 6.30. The number of ether oxygens (including phenoxy) is 2. The van der Waals surface area contributed by atoms with Crippen LogP contribution in [0.5, 0.6) is 0 Å². The number of carbonyl (C=O) groups excluding carboxylic acids is 1. The topological polar surface area (TPSA) is 115 Å². The van der Waals surface area contributed by atoms with Gasteiger partial charge in [0.05, 0.1) is 17.4 Å². The molecule has 178 valence electrons. The summed E-state index contributed by atoms with van der Waals surface area (Å²) in [6, 6.07) is 14.8. The van der Waals surface area contributed by atoms with Crippen LogP contribution in [-0.4, -0.2) is 45.2 Å². The summed E-state index contributed by atoms with van der Waals surface area (Å²) < 4.78 is 10.6.